The predicted octanol–water partition coefficient (Wildman–Crippen LogP) is 4.94. The number of nitrogens with zero attached hydrogens (tertiary/aromatic N) is 4. The Kier molecular flexibility index (Phi) is 5.86. The summed E-state index contributed by atoms with van der Waals surface area (Å²) in [6, 6.07) is 12.1. The van der Waals surface area contributed by atoms with Crippen LogP contribution in [0.25, 0.3) is 17.1 Å². The van der Waals surface area contributed by atoms with Gasteiger partial charge in [0.1, 0.15) is 5.75 Å². The molecular weight excluding hydrogens is 439 g/mol. The normalized spacial score (nSPS) is 11.4. The van der Waals surface area contributed by atoms with E-state index in [0.29, 0.717) is 40.8 Å². The first kappa shape index (κ1) is 22.1. The van der Waals surface area contributed by atoms with Gasteiger partial charge in [-0.25, -0.2) is 4.68 Å². The Morgan fingerprint density at radius 1 is 1.12 bits per heavy atom. The van der Waals surface area contributed by atoms with Crippen LogP contribution in [0.3, 0.4) is 0 Å². The second kappa shape index (κ2) is 8.77. The summed E-state index contributed by atoms with van der Waals surface area (Å²) in [7, 11) is 0. The number of halogens is 3. The van der Waals surface area contributed by atoms with Crippen LogP contribution >= 0.6 is 0 Å². The first-order valence-electron chi connectivity index (χ1n) is 9.88. The third-order valence-corrected chi connectivity index (χ3v) is 4.65. The zero-order valence-corrected chi connectivity index (χ0v) is 17.6. The Labute approximate surface area is 186 Å². The molecular formula is C22H18F3N5O3. The third-order valence-electron chi connectivity index (χ3n) is 4.65. The van der Waals surface area contributed by atoms with Crippen molar-refractivity contribution in [3.05, 3.63) is 71.9 Å². The van der Waals surface area contributed by atoms with Crippen LogP contribution in [0.15, 0.2) is 59.3 Å². The van der Waals surface area contributed by atoms with E-state index >= 15 is 0 Å². The smallest absolute Gasteiger partial charge is 0.406 e. The van der Waals surface area contributed by atoms with Crippen LogP contribution in [-0.4, -0.2) is 32.2 Å². The largest absolute Gasteiger partial charge is 0.573 e. The molecule has 0 saturated carbocycles. The third kappa shape index (κ3) is 5.20. The molecule has 170 valence electrons. The van der Waals surface area contributed by atoms with Crippen LogP contribution in [0.5, 0.6) is 5.75 Å². The number of carbonyl (C=O) groups is 1. The van der Waals surface area contributed by atoms with Gasteiger partial charge in [-0.15, -0.1) is 13.2 Å². The van der Waals surface area contributed by atoms with Gasteiger partial charge in [0.05, 0.1) is 16.9 Å². The van der Waals surface area contributed by atoms with Gasteiger partial charge in [0.25, 0.3) is 5.91 Å². The minimum atomic E-state index is -4.78. The van der Waals surface area contributed by atoms with E-state index in [2.05, 4.69) is 25.3 Å². The van der Waals surface area contributed by atoms with E-state index in [1.54, 1.807) is 17.8 Å². The number of anilines is 1. The summed E-state index contributed by atoms with van der Waals surface area (Å²) in [5.74, 6) is 0.218. The van der Waals surface area contributed by atoms with E-state index < -0.39 is 12.3 Å². The fourth-order valence-corrected chi connectivity index (χ4v) is 3.03. The average Bonchev–Trinajstić information content (AvgIpc) is 3.41. The van der Waals surface area contributed by atoms with Crippen LogP contribution < -0.4 is 10.1 Å². The number of carbonyl (C=O) groups excluding carboxylic acids is 1. The molecule has 4 aromatic rings. The number of benzene rings is 2. The SMILES string of the molecule is CCc1nc(-c2ccc(-n3cc(C(=O)Nc4ccc(OC(F)(F)F)cc4)c(C)n3)cc2)no1. The number of alkyl halides is 3. The van der Waals surface area contributed by atoms with E-state index in [1.165, 1.54) is 12.1 Å². The van der Waals surface area contributed by atoms with Crippen molar-refractivity contribution in [3.8, 4) is 22.8 Å². The molecule has 0 aliphatic carbocycles. The Morgan fingerprint density at radius 3 is 2.42 bits per heavy atom. The van der Waals surface area contributed by atoms with Crippen LogP contribution in [0.2, 0.25) is 0 Å². The second-order valence-corrected chi connectivity index (χ2v) is 7.01. The monoisotopic (exact) mass is 457 g/mol. The van der Waals surface area contributed by atoms with E-state index in [9.17, 15) is 18.0 Å². The molecule has 1 N–H and O–H groups in total. The number of ether oxygens (including phenoxy) is 1. The highest BCUT2D eigenvalue weighted by atomic mass is 19.4. The number of hydrogen-bond acceptors (Lipinski definition) is 6. The fourth-order valence-electron chi connectivity index (χ4n) is 3.03. The quantitative estimate of drug-likeness (QED) is 0.441. The molecule has 0 atom stereocenters. The molecule has 0 radical (unpaired) electrons. The zero-order chi connectivity index (χ0) is 23.6. The molecule has 2 heterocycles. The van der Waals surface area contributed by atoms with Crippen molar-refractivity contribution in [1.29, 1.82) is 0 Å². The zero-order valence-electron chi connectivity index (χ0n) is 17.6. The highest BCUT2D eigenvalue weighted by Crippen LogP contribution is 2.24. The lowest BCUT2D eigenvalue weighted by molar-refractivity contribution is -0.274. The average molecular weight is 457 g/mol. The molecule has 4 rings (SSSR count). The highest BCUT2D eigenvalue weighted by Gasteiger charge is 2.31. The molecule has 0 spiro atoms. The molecule has 0 aliphatic heterocycles. The molecule has 0 bridgehead atoms. The lowest BCUT2D eigenvalue weighted by Gasteiger charge is -2.09. The number of aryl methyl sites for hydroxylation is 2. The molecule has 0 fully saturated rings. The number of hydrogen-bond donors (Lipinski definition) is 1. The molecule has 11 heteroatoms. The van der Waals surface area contributed by atoms with Crippen molar-refractivity contribution in [2.75, 3.05) is 5.32 Å². The summed E-state index contributed by atoms with van der Waals surface area (Å²) >= 11 is 0. The number of aromatic nitrogens is 4. The van der Waals surface area contributed by atoms with E-state index in [1.807, 2.05) is 31.2 Å². The van der Waals surface area contributed by atoms with Crippen LogP contribution in [0, 0.1) is 6.92 Å². The van der Waals surface area contributed by atoms with Gasteiger partial charge in [-0.2, -0.15) is 10.1 Å². The van der Waals surface area contributed by atoms with Gasteiger partial charge < -0.3 is 14.6 Å². The van der Waals surface area contributed by atoms with Crippen molar-refractivity contribution in [1.82, 2.24) is 19.9 Å². The number of amides is 1. The van der Waals surface area contributed by atoms with Crippen LogP contribution in [0.4, 0.5) is 18.9 Å². The van der Waals surface area contributed by atoms with E-state index in [-0.39, 0.29) is 5.75 Å². The molecule has 8 nitrogen and oxygen atoms in total. The number of rotatable bonds is 6. The molecule has 33 heavy (non-hydrogen) atoms. The lowest BCUT2D eigenvalue weighted by atomic mass is 10.2. The van der Waals surface area contributed by atoms with Crippen molar-refractivity contribution in [2.24, 2.45) is 0 Å². The van der Waals surface area contributed by atoms with Gasteiger partial charge >= 0.3 is 6.36 Å². The molecule has 2 aromatic carbocycles. The van der Waals surface area contributed by atoms with Gasteiger partial charge in [0.2, 0.25) is 11.7 Å². The van der Waals surface area contributed by atoms with Crippen LogP contribution in [-0.2, 0) is 6.42 Å². The van der Waals surface area contributed by atoms with Crippen molar-refractivity contribution in [2.45, 2.75) is 26.6 Å². The van der Waals surface area contributed by atoms with Crippen molar-refractivity contribution in [3.63, 3.8) is 0 Å². The van der Waals surface area contributed by atoms with Gasteiger partial charge in [-0.05, 0) is 55.5 Å². The summed E-state index contributed by atoms with van der Waals surface area (Å²) in [4.78, 5) is 16.9. The maximum atomic E-state index is 12.7. The Balaban J connectivity index is 1.47. The standard InChI is InChI=1S/C22H18F3N5O3/c1-3-19-27-20(29-33-19)14-4-8-16(9-5-14)30-12-18(13(2)28-30)21(31)26-15-6-10-17(11-7-15)32-22(23,24)25/h4-12H,3H2,1-2H3,(H,26,31). The summed E-state index contributed by atoms with van der Waals surface area (Å²) in [5.41, 5.74) is 2.62. The highest BCUT2D eigenvalue weighted by molar-refractivity contribution is 6.04. The van der Waals surface area contributed by atoms with E-state index in [4.69, 9.17) is 4.52 Å². The van der Waals surface area contributed by atoms with Crippen molar-refractivity contribution < 1.29 is 27.2 Å². The molecule has 2 aromatic heterocycles. The Morgan fingerprint density at radius 2 is 1.82 bits per heavy atom. The summed E-state index contributed by atoms with van der Waals surface area (Å²) < 4.78 is 47.3. The minimum absolute atomic E-state index is 0.317. The van der Waals surface area contributed by atoms with Gasteiger partial charge in [0.15, 0.2) is 0 Å². The summed E-state index contributed by atoms with van der Waals surface area (Å²) in [6.07, 6.45) is -2.56. The summed E-state index contributed by atoms with van der Waals surface area (Å²) in [5, 5.41) is 11.0. The predicted molar refractivity (Wildman–Crippen MR) is 112 cm³/mol. The number of nitrogens with one attached hydrogen (secondary N) is 1. The lowest BCUT2D eigenvalue weighted by Crippen LogP contribution is -2.17. The van der Waals surface area contributed by atoms with Crippen LogP contribution in [0.1, 0.15) is 28.9 Å². The Bertz CT molecular complexity index is 1260. The first-order chi connectivity index (χ1) is 15.7. The molecule has 0 saturated heterocycles. The van der Waals surface area contributed by atoms with Crippen molar-refractivity contribution >= 4 is 11.6 Å². The maximum Gasteiger partial charge on any atom is 0.573 e. The topological polar surface area (TPSA) is 95.1 Å². The second-order valence-electron chi connectivity index (χ2n) is 7.01. The van der Waals surface area contributed by atoms with Gasteiger partial charge in [0, 0.05) is 23.9 Å². The fraction of sp³-hybridized carbons (Fsp3) is 0.182. The van der Waals surface area contributed by atoms with Gasteiger partial charge in [-0.1, -0.05) is 12.1 Å². The van der Waals surface area contributed by atoms with E-state index in [0.717, 1.165) is 17.7 Å². The minimum Gasteiger partial charge on any atom is -0.406 e. The molecule has 0 aliphatic rings. The maximum absolute atomic E-state index is 12.7. The Hall–Kier alpha value is -4.15. The molecule has 0 unspecified atom stereocenters. The summed E-state index contributed by atoms with van der Waals surface area (Å²) in [6.45, 7) is 3.61. The van der Waals surface area contributed by atoms with Gasteiger partial charge in [-0.3, -0.25) is 4.79 Å². The first-order valence-corrected chi connectivity index (χ1v) is 9.88. The molecule has 1 amide bonds.